The molecule has 1 N–H and O–H groups in total. The summed E-state index contributed by atoms with van der Waals surface area (Å²) in [5.41, 5.74) is 1.67. The van der Waals surface area contributed by atoms with Crippen LogP contribution in [0.25, 0.3) is 0 Å². The van der Waals surface area contributed by atoms with Crippen molar-refractivity contribution in [3.05, 3.63) is 59.7 Å². The molecule has 3 heteroatoms. The van der Waals surface area contributed by atoms with Gasteiger partial charge in [0, 0.05) is 10.5 Å². The molecule has 108 valence electrons. The van der Waals surface area contributed by atoms with Gasteiger partial charge < -0.3 is 9.84 Å². The Morgan fingerprint density at radius 2 is 1.76 bits per heavy atom. The van der Waals surface area contributed by atoms with Gasteiger partial charge in [-0.1, -0.05) is 24.0 Å². The highest BCUT2D eigenvalue weighted by molar-refractivity contribution is 7.98. The lowest BCUT2D eigenvalue weighted by atomic mass is 10.1. The van der Waals surface area contributed by atoms with Crippen LogP contribution in [0.15, 0.2) is 53.4 Å². The minimum atomic E-state index is -0.791. The fourth-order valence-electron chi connectivity index (χ4n) is 1.82. The third kappa shape index (κ3) is 4.56. The molecule has 0 saturated heterocycles. The predicted octanol–water partition coefficient (Wildman–Crippen LogP) is 3.89. The molecule has 2 aromatic carbocycles. The molecule has 0 bridgehead atoms. The molecule has 2 nitrogen and oxygen atoms in total. The molecule has 0 aliphatic carbocycles. The number of aliphatic hydroxyl groups excluding tert-OH is 1. The molecule has 0 aromatic heterocycles. The van der Waals surface area contributed by atoms with Gasteiger partial charge in [-0.15, -0.1) is 11.8 Å². The van der Waals surface area contributed by atoms with E-state index in [4.69, 9.17) is 4.74 Å². The largest absolute Gasteiger partial charge is 0.494 e. The van der Waals surface area contributed by atoms with Crippen molar-refractivity contribution in [3.8, 4) is 17.6 Å². The number of benzene rings is 2. The van der Waals surface area contributed by atoms with Crippen molar-refractivity contribution in [2.45, 2.75) is 17.9 Å². The van der Waals surface area contributed by atoms with Gasteiger partial charge in [0.05, 0.1) is 6.61 Å². The monoisotopic (exact) mass is 298 g/mol. The summed E-state index contributed by atoms with van der Waals surface area (Å²) >= 11 is 1.69. The first-order valence-electron chi connectivity index (χ1n) is 6.79. The molecule has 2 aromatic rings. The lowest BCUT2D eigenvalue weighted by Crippen LogP contribution is -1.95. The summed E-state index contributed by atoms with van der Waals surface area (Å²) in [6.07, 6.45) is 1.25. The summed E-state index contributed by atoms with van der Waals surface area (Å²) in [6.45, 7) is 2.57. The highest BCUT2D eigenvalue weighted by Crippen LogP contribution is 2.18. The van der Waals surface area contributed by atoms with E-state index in [1.807, 2.05) is 61.7 Å². The highest BCUT2D eigenvalue weighted by atomic mass is 32.2. The molecule has 21 heavy (non-hydrogen) atoms. The summed E-state index contributed by atoms with van der Waals surface area (Å²) in [4.78, 5) is 1.20. The third-order valence-corrected chi connectivity index (χ3v) is 3.69. The number of hydrogen-bond acceptors (Lipinski definition) is 3. The molecule has 0 aliphatic heterocycles. The fraction of sp³-hybridized carbons (Fsp3) is 0.222. The van der Waals surface area contributed by atoms with Crippen molar-refractivity contribution < 1.29 is 9.84 Å². The van der Waals surface area contributed by atoms with E-state index in [1.54, 1.807) is 11.8 Å². The molecule has 0 radical (unpaired) electrons. The van der Waals surface area contributed by atoms with Gasteiger partial charge in [0.2, 0.25) is 0 Å². The minimum Gasteiger partial charge on any atom is -0.494 e. The van der Waals surface area contributed by atoms with Gasteiger partial charge >= 0.3 is 0 Å². The van der Waals surface area contributed by atoms with Crippen LogP contribution in [0.1, 0.15) is 24.2 Å². The van der Waals surface area contributed by atoms with Crippen molar-refractivity contribution >= 4 is 11.8 Å². The van der Waals surface area contributed by atoms with Crippen LogP contribution in [0, 0.1) is 11.8 Å². The zero-order valence-electron chi connectivity index (χ0n) is 12.2. The quantitative estimate of drug-likeness (QED) is 0.686. The maximum Gasteiger partial charge on any atom is 0.140 e. The van der Waals surface area contributed by atoms with Crippen LogP contribution in [0.2, 0.25) is 0 Å². The first-order chi connectivity index (χ1) is 10.2. The Morgan fingerprint density at radius 1 is 1.10 bits per heavy atom. The normalized spacial score (nSPS) is 11.4. The van der Waals surface area contributed by atoms with Gasteiger partial charge in [-0.3, -0.25) is 0 Å². The third-order valence-electron chi connectivity index (χ3n) is 2.95. The Bertz CT molecular complexity index is 621. The summed E-state index contributed by atoms with van der Waals surface area (Å²) in [6, 6.07) is 15.3. The maximum atomic E-state index is 10.1. The van der Waals surface area contributed by atoms with E-state index in [2.05, 4.69) is 11.8 Å². The Labute approximate surface area is 130 Å². The van der Waals surface area contributed by atoms with Gasteiger partial charge in [0.15, 0.2) is 0 Å². The zero-order valence-corrected chi connectivity index (χ0v) is 13.0. The summed E-state index contributed by atoms with van der Waals surface area (Å²) in [5, 5.41) is 10.1. The molecule has 0 fully saturated rings. The predicted molar refractivity (Wildman–Crippen MR) is 87.7 cm³/mol. The topological polar surface area (TPSA) is 29.5 Å². The van der Waals surface area contributed by atoms with Crippen molar-refractivity contribution in [1.29, 1.82) is 0 Å². The van der Waals surface area contributed by atoms with E-state index in [0.717, 1.165) is 16.9 Å². The second-order valence-corrected chi connectivity index (χ2v) is 5.28. The van der Waals surface area contributed by atoms with Gasteiger partial charge in [-0.25, -0.2) is 0 Å². The van der Waals surface area contributed by atoms with E-state index < -0.39 is 6.10 Å². The zero-order chi connectivity index (χ0) is 15.1. The fourth-order valence-corrected chi connectivity index (χ4v) is 2.23. The van der Waals surface area contributed by atoms with Crippen molar-refractivity contribution in [1.82, 2.24) is 0 Å². The first kappa shape index (κ1) is 15.5. The van der Waals surface area contributed by atoms with Crippen LogP contribution in [0.3, 0.4) is 0 Å². The number of thioether (sulfide) groups is 1. The summed E-state index contributed by atoms with van der Waals surface area (Å²) in [5.74, 6) is 6.66. The minimum absolute atomic E-state index is 0.633. The average molecular weight is 298 g/mol. The molecule has 0 aliphatic rings. The molecular weight excluding hydrogens is 280 g/mol. The molecule has 0 amide bonds. The second kappa shape index (κ2) is 7.78. The van der Waals surface area contributed by atoms with Crippen LogP contribution in [0.4, 0.5) is 0 Å². The molecule has 0 heterocycles. The second-order valence-electron chi connectivity index (χ2n) is 4.40. The van der Waals surface area contributed by atoms with E-state index in [-0.39, 0.29) is 0 Å². The molecule has 1 atom stereocenters. The molecule has 0 spiro atoms. The SMILES string of the molecule is CCOc1ccc([C@H](O)C#Cc2ccc(SC)cc2)cc1. The van der Waals surface area contributed by atoms with E-state index in [1.165, 1.54) is 4.90 Å². The molecule has 2 rings (SSSR count). The summed E-state index contributed by atoms with van der Waals surface area (Å²) in [7, 11) is 0. The van der Waals surface area contributed by atoms with E-state index in [0.29, 0.717) is 6.61 Å². The van der Waals surface area contributed by atoms with Gasteiger partial charge in [0.25, 0.3) is 0 Å². The average Bonchev–Trinajstić information content (AvgIpc) is 2.54. The van der Waals surface area contributed by atoms with Crippen LogP contribution in [-0.2, 0) is 0 Å². The number of rotatable bonds is 4. The van der Waals surface area contributed by atoms with Crippen molar-refractivity contribution in [2.75, 3.05) is 12.9 Å². The molecule has 0 unspecified atom stereocenters. The lowest BCUT2D eigenvalue weighted by molar-refractivity contribution is 0.238. The molecular formula is C18H18O2S. The van der Waals surface area contributed by atoms with Crippen LogP contribution < -0.4 is 4.74 Å². The van der Waals surface area contributed by atoms with Gasteiger partial charge in [-0.2, -0.15) is 0 Å². The van der Waals surface area contributed by atoms with E-state index >= 15 is 0 Å². The Hall–Kier alpha value is -1.89. The van der Waals surface area contributed by atoms with Crippen LogP contribution >= 0.6 is 11.8 Å². The standard InChI is InChI=1S/C18H18O2S/c1-3-20-16-9-7-15(8-10-16)18(19)13-6-14-4-11-17(21-2)12-5-14/h4-5,7-12,18-19H,3H2,1-2H3/t18-/m1/s1. The lowest BCUT2D eigenvalue weighted by Gasteiger charge is -2.06. The van der Waals surface area contributed by atoms with Gasteiger partial charge in [-0.05, 0) is 55.1 Å². The molecule has 0 saturated carbocycles. The smallest absolute Gasteiger partial charge is 0.140 e. The Morgan fingerprint density at radius 3 is 2.33 bits per heavy atom. The highest BCUT2D eigenvalue weighted by Gasteiger charge is 2.03. The van der Waals surface area contributed by atoms with Crippen molar-refractivity contribution in [3.63, 3.8) is 0 Å². The number of aliphatic hydroxyl groups is 1. The number of ether oxygens (including phenoxy) is 1. The van der Waals surface area contributed by atoms with E-state index in [9.17, 15) is 5.11 Å². The van der Waals surface area contributed by atoms with Crippen LogP contribution in [-0.4, -0.2) is 18.0 Å². The Balaban J connectivity index is 2.06. The van der Waals surface area contributed by atoms with Gasteiger partial charge in [0.1, 0.15) is 11.9 Å². The summed E-state index contributed by atoms with van der Waals surface area (Å²) < 4.78 is 5.37. The van der Waals surface area contributed by atoms with Crippen molar-refractivity contribution in [2.24, 2.45) is 0 Å². The number of hydrogen-bond donors (Lipinski definition) is 1. The maximum absolute atomic E-state index is 10.1. The van der Waals surface area contributed by atoms with Crippen LogP contribution in [0.5, 0.6) is 5.75 Å². The Kier molecular flexibility index (Phi) is 5.74. The first-order valence-corrected chi connectivity index (χ1v) is 8.02.